The van der Waals surface area contributed by atoms with Crippen molar-refractivity contribution in [3.8, 4) is 0 Å². The van der Waals surface area contributed by atoms with Crippen LogP contribution in [-0.2, 0) is 20.9 Å². The topological polar surface area (TPSA) is 83.8 Å². The number of amides is 2. The molecule has 3 fully saturated rings. The van der Waals surface area contributed by atoms with E-state index in [0.29, 0.717) is 25.5 Å². The number of carbonyl (C=O) groups excluding carboxylic acids is 2. The van der Waals surface area contributed by atoms with Gasteiger partial charge in [0.15, 0.2) is 0 Å². The standard InChI is InChI=1S/C21H34N6O3/c1-4-8-26-21(22-14-23-26)25-12-15-11-16(13-25)19(20(29)24(2)9-10-30-3)27-17(15)6-5-7-18(27)28/h14-17,19H,4-13H2,1-3H3/t15-,16+,17-,19+/m0/s1. The lowest BCUT2D eigenvalue weighted by Gasteiger charge is -2.56. The number of piperidine rings is 3. The Hall–Kier alpha value is -2.16. The fourth-order valence-electron chi connectivity index (χ4n) is 5.57. The highest BCUT2D eigenvalue weighted by Crippen LogP contribution is 2.42. The maximum absolute atomic E-state index is 13.5. The predicted molar refractivity (Wildman–Crippen MR) is 112 cm³/mol. The lowest BCUT2D eigenvalue weighted by Crippen LogP contribution is -2.68. The summed E-state index contributed by atoms with van der Waals surface area (Å²) in [4.78, 5) is 37.0. The van der Waals surface area contributed by atoms with E-state index in [9.17, 15) is 9.59 Å². The van der Waals surface area contributed by atoms with Crippen molar-refractivity contribution in [1.82, 2.24) is 24.6 Å². The third-order valence-corrected chi connectivity index (χ3v) is 6.91. The van der Waals surface area contributed by atoms with Gasteiger partial charge in [0.25, 0.3) is 0 Å². The second-order valence-electron chi connectivity index (χ2n) is 8.90. The Morgan fingerprint density at radius 2 is 2.13 bits per heavy atom. The summed E-state index contributed by atoms with van der Waals surface area (Å²) in [6.45, 7) is 5.58. The Morgan fingerprint density at radius 1 is 1.33 bits per heavy atom. The molecule has 9 heteroatoms. The van der Waals surface area contributed by atoms with Gasteiger partial charge in [0.05, 0.1) is 6.61 Å². The van der Waals surface area contributed by atoms with E-state index in [1.165, 1.54) is 0 Å². The average Bonchev–Trinajstić information content (AvgIpc) is 3.21. The lowest BCUT2D eigenvalue weighted by atomic mass is 9.71. The van der Waals surface area contributed by atoms with Crippen LogP contribution in [0.3, 0.4) is 0 Å². The van der Waals surface area contributed by atoms with Crippen molar-refractivity contribution in [3.05, 3.63) is 6.33 Å². The molecular weight excluding hydrogens is 384 g/mol. The fourth-order valence-corrected chi connectivity index (χ4v) is 5.57. The number of rotatable bonds is 7. The summed E-state index contributed by atoms with van der Waals surface area (Å²) < 4.78 is 7.13. The molecule has 4 rings (SSSR count). The molecule has 0 aromatic carbocycles. The van der Waals surface area contributed by atoms with E-state index in [1.54, 1.807) is 18.3 Å². The first-order valence-corrected chi connectivity index (χ1v) is 11.2. The van der Waals surface area contributed by atoms with E-state index in [2.05, 4.69) is 21.9 Å². The molecule has 2 bridgehead atoms. The number of fused-ring (bicyclic) bond motifs is 4. The summed E-state index contributed by atoms with van der Waals surface area (Å²) in [5, 5.41) is 4.39. The van der Waals surface area contributed by atoms with Crippen LogP contribution in [0.25, 0.3) is 0 Å². The van der Waals surface area contributed by atoms with Crippen molar-refractivity contribution >= 4 is 17.8 Å². The third-order valence-electron chi connectivity index (χ3n) is 6.91. The summed E-state index contributed by atoms with van der Waals surface area (Å²) in [5.41, 5.74) is 0. The molecule has 9 nitrogen and oxygen atoms in total. The van der Waals surface area contributed by atoms with Gasteiger partial charge in [-0.3, -0.25) is 9.59 Å². The van der Waals surface area contributed by atoms with Gasteiger partial charge in [0, 0.05) is 58.7 Å². The second-order valence-corrected chi connectivity index (χ2v) is 8.90. The number of methoxy groups -OCH3 is 1. The Balaban J connectivity index is 1.62. The number of hydrogen-bond acceptors (Lipinski definition) is 6. The van der Waals surface area contributed by atoms with Crippen molar-refractivity contribution in [2.75, 3.05) is 45.3 Å². The molecule has 1 aromatic heterocycles. The zero-order valence-corrected chi connectivity index (χ0v) is 18.4. The molecule has 1 aromatic rings. The molecule has 30 heavy (non-hydrogen) atoms. The number of carbonyl (C=O) groups is 2. The molecular formula is C21H34N6O3. The minimum Gasteiger partial charge on any atom is -0.383 e. The molecule has 3 aliphatic rings. The number of aryl methyl sites for hydroxylation is 1. The quantitative estimate of drug-likeness (QED) is 0.657. The van der Waals surface area contributed by atoms with Crippen LogP contribution in [0.4, 0.5) is 5.95 Å². The van der Waals surface area contributed by atoms with Gasteiger partial charge in [-0.1, -0.05) is 6.92 Å². The van der Waals surface area contributed by atoms with Crippen LogP contribution >= 0.6 is 0 Å². The zero-order chi connectivity index (χ0) is 21.3. The van der Waals surface area contributed by atoms with Crippen molar-refractivity contribution in [2.45, 2.75) is 57.7 Å². The maximum atomic E-state index is 13.5. The molecule has 0 saturated carbocycles. The first-order valence-electron chi connectivity index (χ1n) is 11.2. The lowest BCUT2D eigenvalue weighted by molar-refractivity contribution is -0.160. The van der Waals surface area contributed by atoms with Gasteiger partial charge in [-0.25, -0.2) is 4.68 Å². The van der Waals surface area contributed by atoms with Crippen LogP contribution in [0.2, 0.25) is 0 Å². The molecule has 3 saturated heterocycles. The molecule has 4 heterocycles. The van der Waals surface area contributed by atoms with Gasteiger partial charge in [0.2, 0.25) is 17.8 Å². The highest BCUT2D eigenvalue weighted by molar-refractivity contribution is 5.89. The zero-order valence-electron chi connectivity index (χ0n) is 18.4. The summed E-state index contributed by atoms with van der Waals surface area (Å²) in [7, 11) is 3.45. The summed E-state index contributed by atoms with van der Waals surface area (Å²) in [6.07, 6.45) is 6.04. The smallest absolute Gasteiger partial charge is 0.245 e. The average molecular weight is 419 g/mol. The van der Waals surface area contributed by atoms with Crippen LogP contribution in [0.5, 0.6) is 0 Å². The van der Waals surface area contributed by atoms with Crippen molar-refractivity contribution in [1.29, 1.82) is 0 Å². The first kappa shape index (κ1) is 21.1. The summed E-state index contributed by atoms with van der Waals surface area (Å²) in [5.74, 6) is 1.54. The van der Waals surface area contributed by atoms with Crippen LogP contribution in [0.15, 0.2) is 6.33 Å². The Bertz CT molecular complexity index is 768. The minimum atomic E-state index is -0.397. The van der Waals surface area contributed by atoms with Crippen molar-refractivity contribution in [2.24, 2.45) is 11.8 Å². The minimum absolute atomic E-state index is 0.0348. The van der Waals surface area contributed by atoms with E-state index < -0.39 is 6.04 Å². The molecule has 0 aliphatic carbocycles. The van der Waals surface area contributed by atoms with Crippen molar-refractivity contribution < 1.29 is 14.3 Å². The number of ether oxygens (including phenoxy) is 1. The molecule has 0 N–H and O–H groups in total. The SMILES string of the molecule is CCCn1ncnc1N1C[C@@H]2C[C@H](C1)[C@H](C(=O)N(C)CCOC)N1C(=O)CCC[C@@H]21. The highest BCUT2D eigenvalue weighted by atomic mass is 16.5. The Kier molecular flexibility index (Phi) is 6.26. The van der Waals surface area contributed by atoms with E-state index >= 15 is 0 Å². The number of aromatic nitrogens is 3. The van der Waals surface area contributed by atoms with Gasteiger partial charge >= 0.3 is 0 Å². The van der Waals surface area contributed by atoms with Crippen LogP contribution < -0.4 is 4.90 Å². The van der Waals surface area contributed by atoms with E-state index in [1.807, 2.05) is 16.6 Å². The van der Waals surface area contributed by atoms with E-state index in [4.69, 9.17) is 4.74 Å². The largest absolute Gasteiger partial charge is 0.383 e. The highest BCUT2D eigenvalue weighted by Gasteiger charge is 2.52. The van der Waals surface area contributed by atoms with Crippen LogP contribution in [0.1, 0.15) is 39.0 Å². The normalized spacial score (nSPS) is 28.4. The molecule has 4 atom stereocenters. The maximum Gasteiger partial charge on any atom is 0.245 e. The molecule has 2 amide bonds. The van der Waals surface area contributed by atoms with Gasteiger partial charge < -0.3 is 19.4 Å². The monoisotopic (exact) mass is 418 g/mol. The summed E-state index contributed by atoms with van der Waals surface area (Å²) >= 11 is 0. The third kappa shape index (κ3) is 3.79. The molecule has 0 spiro atoms. The molecule has 3 aliphatic heterocycles. The predicted octanol–water partition coefficient (Wildman–Crippen LogP) is 0.999. The molecule has 0 unspecified atom stereocenters. The van der Waals surface area contributed by atoms with Gasteiger partial charge in [0.1, 0.15) is 12.4 Å². The van der Waals surface area contributed by atoms with E-state index in [-0.39, 0.29) is 23.8 Å². The number of hydrogen-bond donors (Lipinski definition) is 0. The fraction of sp³-hybridized carbons (Fsp3) is 0.810. The van der Waals surface area contributed by atoms with Gasteiger partial charge in [-0.05, 0) is 31.6 Å². The number of nitrogens with zero attached hydrogens (tertiary/aromatic N) is 6. The van der Waals surface area contributed by atoms with Gasteiger partial charge in [-0.15, -0.1) is 0 Å². The first-order chi connectivity index (χ1) is 14.5. The molecule has 166 valence electrons. The Morgan fingerprint density at radius 3 is 2.90 bits per heavy atom. The van der Waals surface area contributed by atoms with Gasteiger partial charge in [-0.2, -0.15) is 10.1 Å². The number of likely N-dealkylation sites (N-methyl/N-ethyl adjacent to an activating group) is 1. The second kappa shape index (κ2) is 8.91. The van der Waals surface area contributed by atoms with E-state index in [0.717, 1.165) is 51.3 Å². The Labute approximate surface area is 178 Å². The van der Waals surface area contributed by atoms with Crippen molar-refractivity contribution in [3.63, 3.8) is 0 Å². The molecule has 0 radical (unpaired) electrons. The van der Waals surface area contributed by atoms with Crippen LogP contribution in [-0.4, -0.2) is 88.9 Å². The number of anilines is 1. The van der Waals surface area contributed by atoms with Crippen LogP contribution in [0, 0.1) is 11.8 Å². The summed E-state index contributed by atoms with van der Waals surface area (Å²) in [6, 6.07) is -0.260.